The van der Waals surface area contributed by atoms with Crippen LogP contribution in [-0.2, 0) is 5.54 Å². The molecule has 1 aliphatic rings. The summed E-state index contributed by atoms with van der Waals surface area (Å²) in [6.45, 7) is 0. The van der Waals surface area contributed by atoms with Gasteiger partial charge in [-0.1, -0.05) is 54.1 Å². The van der Waals surface area contributed by atoms with Gasteiger partial charge in [-0.2, -0.15) is 0 Å². The summed E-state index contributed by atoms with van der Waals surface area (Å²) in [6.07, 6.45) is 1.90. The highest BCUT2D eigenvalue weighted by atomic mass is 35.5. The monoisotopic (exact) mass is 454 g/mol. The standard InChI is InChI=1S/C28H23ClN2O2/c1-32-24-15-7-20(8-16-24)28(21-9-17-25(33-2)18-10-21)26-5-3-4-6-27(26)30-19-31(28)23-13-11-22(29)12-14-23/h3-19H,1-2H3. The average Bonchev–Trinajstić information content (AvgIpc) is 2.88. The summed E-state index contributed by atoms with van der Waals surface area (Å²) in [4.78, 5) is 7.01. The van der Waals surface area contributed by atoms with Crippen molar-refractivity contribution in [3.05, 3.63) is 119 Å². The number of aliphatic imine (C=N–C) groups is 1. The molecule has 0 amide bonds. The normalized spacial score (nSPS) is 14.0. The molecule has 0 unspecified atom stereocenters. The number of ether oxygens (including phenoxy) is 2. The van der Waals surface area contributed by atoms with Crippen molar-refractivity contribution in [3.63, 3.8) is 0 Å². The molecule has 0 spiro atoms. The van der Waals surface area contributed by atoms with Crippen molar-refractivity contribution >= 4 is 29.3 Å². The molecule has 0 saturated carbocycles. The first-order chi connectivity index (χ1) is 16.2. The number of nitrogens with zero attached hydrogens (tertiary/aromatic N) is 2. The lowest BCUT2D eigenvalue weighted by molar-refractivity contribution is 0.414. The number of halogens is 1. The van der Waals surface area contributed by atoms with E-state index in [1.165, 1.54) is 0 Å². The topological polar surface area (TPSA) is 34.1 Å². The average molecular weight is 455 g/mol. The molecule has 0 bridgehead atoms. The van der Waals surface area contributed by atoms with E-state index in [-0.39, 0.29) is 0 Å². The maximum Gasteiger partial charge on any atom is 0.124 e. The summed E-state index contributed by atoms with van der Waals surface area (Å²) >= 11 is 6.22. The number of rotatable bonds is 5. The van der Waals surface area contributed by atoms with Crippen LogP contribution >= 0.6 is 11.6 Å². The molecule has 4 aromatic carbocycles. The second-order valence-corrected chi connectivity index (χ2v) is 8.21. The van der Waals surface area contributed by atoms with Gasteiger partial charge in [-0.3, -0.25) is 0 Å². The predicted molar refractivity (Wildman–Crippen MR) is 134 cm³/mol. The minimum absolute atomic E-state index is 0.676. The summed E-state index contributed by atoms with van der Waals surface area (Å²) < 4.78 is 10.9. The minimum Gasteiger partial charge on any atom is -0.497 e. The molecular weight excluding hydrogens is 432 g/mol. The van der Waals surface area contributed by atoms with E-state index in [9.17, 15) is 0 Å². The van der Waals surface area contributed by atoms with Gasteiger partial charge in [0.25, 0.3) is 0 Å². The lowest BCUT2D eigenvalue weighted by Crippen LogP contribution is -2.49. The Balaban J connectivity index is 1.85. The van der Waals surface area contributed by atoms with Gasteiger partial charge in [0.05, 0.1) is 26.2 Å². The van der Waals surface area contributed by atoms with Crippen LogP contribution in [0.1, 0.15) is 16.7 Å². The highest BCUT2D eigenvalue weighted by Crippen LogP contribution is 2.49. The first-order valence-corrected chi connectivity index (χ1v) is 11.0. The Labute approximate surface area is 198 Å². The minimum atomic E-state index is -0.676. The SMILES string of the molecule is COc1ccc(C2(c3ccc(OC)cc3)c3ccccc3N=CN2c2ccc(Cl)cc2)cc1. The van der Waals surface area contributed by atoms with Gasteiger partial charge in [0.2, 0.25) is 0 Å². The Morgan fingerprint density at radius 3 is 1.79 bits per heavy atom. The maximum atomic E-state index is 6.22. The van der Waals surface area contributed by atoms with Gasteiger partial charge >= 0.3 is 0 Å². The van der Waals surface area contributed by atoms with E-state index in [4.69, 9.17) is 26.1 Å². The number of hydrogen-bond acceptors (Lipinski definition) is 4. The molecule has 5 rings (SSSR count). The highest BCUT2D eigenvalue weighted by molar-refractivity contribution is 6.30. The first kappa shape index (κ1) is 21.1. The van der Waals surface area contributed by atoms with Crippen molar-refractivity contribution in [2.24, 2.45) is 4.99 Å². The molecule has 0 fully saturated rings. The highest BCUT2D eigenvalue weighted by Gasteiger charge is 2.45. The molecule has 0 N–H and O–H groups in total. The van der Waals surface area contributed by atoms with Gasteiger partial charge < -0.3 is 14.4 Å². The maximum absolute atomic E-state index is 6.22. The Morgan fingerprint density at radius 1 is 0.697 bits per heavy atom. The van der Waals surface area contributed by atoms with Crippen LogP contribution in [0.5, 0.6) is 11.5 Å². The number of hydrogen-bond donors (Lipinski definition) is 0. The Morgan fingerprint density at radius 2 is 1.24 bits per heavy atom. The number of benzene rings is 4. The number of methoxy groups -OCH3 is 2. The number of anilines is 1. The van der Waals surface area contributed by atoms with Gasteiger partial charge in [-0.15, -0.1) is 0 Å². The molecule has 4 aromatic rings. The van der Waals surface area contributed by atoms with Crippen LogP contribution in [0, 0.1) is 0 Å². The fraction of sp³-hybridized carbons (Fsp3) is 0.107. The quantitative estimate of drug-likeness (QED) is 0.331. The van der Waals surface area contributed by atoms with E-state index >= 15 is 0 Å². The third-order valence-corrected chi connectivity index (χ3v) is 6.34. The Bertz CT molecular complexity index is 1240. The van der Waals surface area contributed by atoms with Crippen LogP contribution in [0.15, 0.2) is 102 Å². The van der Waals surface area contributed by atoms with Gasteiger partial charge in [0.15, 0.2) is 0 Å². The second-order valence-electron chi connectivity index (χ2n) is 7.78. The molecule has 0 aromatic heterocycles. The second kappa shape index (κ2) is 8.64. The lowest BCUT2D eigenvalue weighted by atomic mass is 9.74. The van der Waals surface area contributed by atoms with E-state index in [1.807, 2.05) is 67.0 Å². The van der Waals surface area contributed by atoms with Crippen LogP contribution in [0.3, 0.4) is 0 Å². The van der Waals surface area contributed by atoms with Crippen LogP contribution in [0.4, 0.5) is 11.4 Å². The van der Waals surface area contributed by atoms with E-state index in [1.54, 1.807) is 14.2 Å². The van der Waals surface area contributed by atoms with Crippen molar-refractivity contribution in [2.45, 2.75) is 5.54 Å². The van der Waals surface area contributed by atoms with Crippen LogP contribution in [0.25, 0.3) is 0 Å². The van der Waals surface area contributed by atoms with Gasteiger partial charge in [-0.25, -0.2) is 4.99 Å². The molecule has 0 saturated heterocycles. The summed E-state index contributed by atoms with van der Waals surface area (Å²) in [5, 5.41) is 0.688. The smallest absolute Gasteiger partial charge is 0.124 e. The van der Waals surface area contributed by atoms with E-state index in [2.05, 4.69) is 41.3 Å². The number of fused-ring (bicyclic) bond motifs is 1. The third-order valence-electron chi connectivity index (χ3n) is 6.09. The fourth-order valence-corrected chi connectivity index (χ4v) is 4.64. The van der Waals surface area contributed by atoms with Crippen LogP contribution < -0.4 is 14.4 Å². The van der Waals surface area contributed by atoms with E-state index in [0.29, 0.717) is 5.02 Å². The fourth-order valence-electron chi connectivity index (χ4n) is 4.51. The van der Waals surface area contributed by atoms with Crippen molar-refractivity contribution in [1.82, 2.24) is 0 Å². The Kier molecular flexibility index (Phi) is 5.53. The van der Waals surface area contributed by atoms with Crippen LogP contribution in [0.2, 0.25) is 5.02 Å². The van der Waals surface area contributed by atoms with Crippen molar-refractivity contribution < 1.29 is 9.47 Å². The van der Waals surface area contributed by atoms with Crippen molar-refractivity contribution in [3.8, 4) is 11.5 Å². The van der Waals surface area contributed by atoms with Gasteiger partial charge in [0, 0.05) is 16.3 Å². The molecule has 0 radical (unpaired) electrons. The molecule has 0 atom stereocenters. The van der Waals surface area contributed by atoms with Gasteiger partial charge in [0.1, 0.15) is 17.0 Å². The molecule has 33 heavy (non-hydrogen) atoms. The largest absolute Gasteiger partial charge is 0.497 e. The molecule has 5 heteroatoms. The third kappa shape index (κ3) is 3.53. The Hall–Kier alpha value is -3.76. The summed E-state index contributed by atoms with van der Waals surface area (Å²) in [7, 11) is 3.35. The molecule has 4 nitrogen and oxygen atoms in total. The van der Waals surface area contributed by atoms with Crippen molar-refractivity contribution in [1.29, 1.82) is 0 Å². The van der Waals surface area contributed by atoms with Crippen molar-refractivity contribution in [2.75, 3.05) is 19.1 Å². The zero-order valence-corrected chi connectivity index (χ0v) is 19.2. The van der Waals surface area contributed by atoms with Gasteiger partial charge in [-0.05, 0) is 65.7 Å². The summed E-state index contributed by atoms with van der Waals surface area (Å²) in [6, 6.07) is 32.5. The molecule has 1 aliphatic heterocycles. The van der Waals surface area contributed by atoms with E-state index in [0.717, 1.165) is 39.6 Å². The first-order valence-electron chi connectivity index (χ1n) is 10.6. The zero-order valence-electron chi connectivity index (χ0n) is 18.4. The predicted octanol–water partition coefficient (Wildman–Crippen LogP) is 6.83. The molecule has 164 valence electrons. The zero-order chi connectivity index (χ0) is 22.8. The van der Waals surface area contributed by atoms with E-state index < -0.39 is 5.54 Å². The molecule has 1 heterocycles. The summed E-state index contributed by atoms with van der Waals surface area (Å²) in [5.41, 5.74) is 4.48. The molecule has 0 aliphatic carbocycles. The summed E-state index contributed by atoms with van der Waals surface area (Å²) in [5.74, 6) is 1.61. The number of para-hydroxylation sites is 1. The van der Waals surface area contributed by atoms with Crippen LogP contribution in [-0.4, -0.2) is 20.6 Å². The lowest BCUT2D eigenvalue weighted by Gasteiger charge is -2.47. The molecular formula is C28H23ClN2O2.